The lowest BCUT2D eigenvalue weighted by atomic mass is 9.78. The van der Waals surface area contributed by atoms with E-state index < -0.39 is 0 Å². The van der Waals surface area contributed by atoms with Crippen molar-refractivity contribution >= 4 is 0 Å². The Bertz CT molecular complexity index is 381. The lowest BCUT2D eigenvalue weighted by molar-refractivity contribution is 0.0275. The summed E-state index contributed by atoms with van der Waals surface area (Å²) in [6, 6.07) is 10.8. The summed E-state index contributed by atoms with van der Waals surface area (Å²) in [7, 11) is 0. The van der Waals surface area contributed by atoms with Gasteiger partial charge >= 0.3 is 0 Å². The Balaban J connectivity index is 1.71. The quantitative estimate of drug-likeness (QED) is 0.866. The number of hydrogen-bond donors (Lipinski definition) is 1. The van der Waals surface area contributed by atoms with Crippen LogP contribution in [0.4, 0.5) is 0 Å². The first kappa shape index (κ1) is 12.2. The van der Waals surface area contributed by atoms with Crippen LogP contribution in [0.2, 0.25) is 0 Å². The monoisotopic (exact) mass is 245 g/mol. The van der Waals surface area contributed by atoms with Gasteiger partial charge in [-0.05, 0) is 50.6 Å². The molecule has 0 bridgehead atoms. The van der Waals surface area contributed by atoms with Crippen LogP contribution in [0.1, 0.15) is 44.1 Å². The minimum absolute atomic E-state index is 0.0465. The van der Waals surface area contributed by atoms with Crippen molar-refractivity contribution in [2.24, 2.45) is 0 Å². The van der Waals surface area contributed by atoms with Gasteiger partial charge in [-0.1, -0.05) is 30.3 Å². The molecule has 98 valence electrons. The van der Waals surface area contributed by atoms with Crippen LogP contribution in [0.25, 0.3) is 0 Å². The van der Waals surface area contributed by atoms with Crippen molar-refractivity contribution in [3.8, 4) is 0 Å². The number of likely N-dealkylation sites (tertiary alicyclic amines) is 1. The molecule has 0 aromatic heterocycles. The Kier molecular flexibility index (Phi) is 3.40. The average molecular weight is 245 g/mol. The number of nitrogens with zero attached hydrogens (tertiary/aromatic N) is 1. The molecular formula is C16H23NO. The molecule has 1 aromatic carbocycles. The van der Waals surface area contributed by atoms with Crippen LogP contribution in [-0.2, 0) is 6.54 Å². The van der Waals surface area contributed by atoms with Gasteiger partial charge in [0.15, 0.2) is 0 Å². The van der Waals surface area contributed by atoms with Gasteiger partial charge in [-0.3, -0.25) is 4.90 Å². The van der Waals surface area contributed by atoms with E-state index in [4.69, 9.17) is 0 Å². The minimum Gasteiger partial charge on any atom is -0.393 e. The molecule has 3 rings (SSSR count). The van der Waals surface area contributed by atoms with E-state index in [0.717, 1.165) is 19.4 Å². The summed E-state index contributed by atoms with van der Waals surface area (Å²) in [5.74, 6) is 0. The highest BCUT2D eigenvalue weighted by molar-refractivity contribution is 5.15. The molecule has 2 nitrogen and oxygen atoms in total. The smallest absolute Gasteiger partial charge is 0.0541 e. The van der Waals surface area contributed by atoms with E-state index in [2.05, 4.69) is 35.2 Å². The van der Waals surface area contributed by atoms with Gasteiger partial charge in [0.25, 0.3) is 0 Å². The molecule has 1 heterocycles. The fraction of sp³-hybridized carbons (Fsp3) is 0.625. The first-order valence-corrected chi connectivity index (χ1v) is 7.26. The summed E-state index contributed by atoms with van der Waals surface area (Å²) < 4.78 is 0. The van der Waals surface area contributed by atoms with E-state index in [9.17, 15) is 5.11 Å². The lowest BCUT2D eigenvalue weighted by Gasteiger charge is -2.43. The molecule has 2 aliphatic rings. The minimum atomic E-state index is -0.0465. The number of hydrogen-bond acceptors (Lipinski definition) is 2. The summed E-state index contributed by atoms with van der Waals surface area (Å²) in [4.78, 5) is 2.67. The molecule has 1 spiro atoms. The highest BCUT2D eigenvalue weighted by atomic mass is 16.3. The van der Waals surface area contributed by atoms with Crippen LogP contribution < -0.4 is 0 Å². The van der Waals surface area contributed by atoms with Crippen molar-refractivity contribution in [2.45, 2.75) is 56.7 Å². The van der Waals surface area contributed by atoms with Gasteiger partial charge in [0, 0.05) is 12.1 Å². The Morgan fingerprint density at radius 1 is 1.11 bits per heavy atom. The Morgan fingerprint density at radius 2 is 1.83 bits per heavy atom. The van der Waals surface area contributed by atoms with Gasteiger partial charge in [0.1, 0.15) is 0 Å². The molecular weight excluding hydrogens is 222 g/mol. The molecule has 1 saturated carbocycles. The first-order valence-electron chi connectivity index (χ1n) is 7.26. The first-order chi connectivity index (χ1) is 8.78. The van der Waals surface area contributed by atoms with Crippen LogP contribution in [0.5, 0.6) is 0 Å². The maximum absolute atomic E-state index is 9.71. The second-order valence-corrected chi connectivity index (χ2v) is 5.97. The van der Waals surface area contributed by atoms with Gasteiger partial charge in [0.2, 0.25) is 0 Å². The molecule has 2 fully saturated rings. The summed E-state index contributed by atoms with van der Waals surface area (Å²) in [5.41, 5.74) is 1.82. The molecule has 0 unspecified atom stereocenters. The zero-order valence-electron chi connectivity index (χ0n) is 11.0. The maximum Gasteiger partial charge on any atom is 0.0541 e. The third kappa shape index (κ3) is 2.32. The van der Waals surface area contributed by atoms with Crippen molar-refractivity contribution in [3.63, 3.8) is 0 Å². The van der Waals surface area contributed by atoms with Crippen molar-refractivity contribution in [1.82, 2.24) is 4.90 Å². The Morgan fingerprint density at radius 3 is 2.56 bits per heavy atom. The van der Waals surface area contributed by atoms with Gasteiger partial charge < -0.3 is 5.11 Å². The van der Waals surface area contributed by atoms with Crippen LogP contribution in [-0.4, -0.2) is 28.2 Å². The molecule has 18 heavy (non-hydrogen) atoms. The highest BCUT2D eigenvalue weighted by Gasteiger charge is 2.42. The lowest BCUT2D eigenvalue weighted by Crippen LogP contribution is -2.46. The maximum atomic E-state index is 9.71. The predicted octanol–water partition coefficient (Wildman–Crippen LogP) is 2.96. The van der Waals surface area contributed by atoms with Gasteiger partial charge in [-0.2, -0.15) is 0 Å². The van der Waals surface area contributed by atoms with Crippen molar-refractivity contribution in [2.75, 3.05) is 6.54 Å². The molecule has 2 heteroatoms. The van der Waals surface area contributed by atoms with Crippen molar-refractivity contribution in [1.29, 1.82) is 0 Å². The zero-order chi connectivity index (χ0) is 12.4. The summed E-state index contributed by atoms with van der Waals surface area (Å²) in [6.07, 6.45) is 6.95. The van der Waals surface area contributed by atoms with Gasteiger partial charge in [-0.15, -0.1) is 0 Å². The molecule has 1 saturated heterocycles. The standard InChI is InChI=1S/C16H23NO/c18-15-7-10-16(11-8-15)9-4-12-17(16)13-14-5-2-1-3-6-14/h1-3,5-6,15,18H,4,7-13H2/t15-,16-. The number of aliphatic hydroxyl groups is 1. The largest absolute Gasteiger partial charge is 0.393 e. The molecule has 1 aromatic rings. The molecule has 0 amide bonds. The number of aliphatic hydroxyl groups excluding tert-OH is 1. The highest BCUT2D eigenvalue weighted by Crippen LogP contribution is 2.42. The van der Waals surface area contributed by atoms with Crippen LogP contribution in [0.3, 0.4) is 0 Å². The van der Waals surface area contributed by atoms with Gasteiger partial charge in [-0.25, -0.2) is 0 Å². The molecule has 1 aliphatic heterocycles. The van der Waals surface area contributed by atoms with E-state index in [1.165, 1.54) is 37.8 Å². The molecule has 1 aliphatic carbocycles. The third-order valence-electron chi connectivity index (χ3n) is 4.84. The fourth-order valence-corrected chi connectivity index (χ4v) is 3.75. The molecule has 0 radical (unpaired) electrons. The predicted molar refractivity (Wildman–Crippen MR) is 73.3 cm³/mol. The molecule has 0 atom stereocenters. The van der Waals surface area contributed by atoms with E-state index in [0.29, 0.717) is 5.54 Å². The van der Waals surface area contributed by atoms with Gasteiger partial charge in [0.05, 0.1) is 6.10 Å². The number of benzene rings is 1. The molecule has 1 N–H and O–H groups in total. The topological polar surface area (TPSA) is 23.5 Å². The van der Waals surface area contributed by atoms with E-state index in [-0.39, 0.29) is 6.10 Å². The van der Waals surface area contributed by atoms with E-state index >= 15 is 0 Å². The van der Waals surface area contributed by atoms with E-state index in [1.807, 2.05) is 0 Å². The Hall–Kier alpha value is -0.860. The average Bonchev–Trinajstić information content (AvgIpc) is 2.78. The summed E-state index contributed by atoms with van der Waals surface area (Å²) in [6.45, 7) is 2.31. The van der Waals surface area contributed by atoms with Crippen LogP contribution in [0, 0.1) is 0 Å². The zero-order valence-corrected chi connectivity index (χ0v) is 11.0. The SMILES string of the molecule is O[C@H]1CC[C@@]2(CCCN2Cc2ccccc2)CC1. The normalized spacial score (nSPS) is 33.1. The summed E-state index contributed by atoms with van der Waals surface area (Å²) in [5, 5.41) is 9.71. The second kappa shape index (κ2) is 5.02. The fourth-order valence-electron chi connectivity index (χ4n) is 3.75. The summed E-state index contributed by atoms with van der Waals surface area (Å²) >= 11 is 0. The van der Waals surface area contributed by atoms with Crippen LogP contribution in [0.15, 0.2) is 30.3 Å². The second-order valence-electron chi connectivity index (χ2n) is 5.97. The Labute approximate surface area is 110 Å². The van der Waals surface area contributed by atoms with Crippen LogP contribution >= 0.6 is 0 Å². The van der Waals surface area contributed by atoms with Crippen molar-refractivity contribution in [3.05, 3.63) is 35.9 Å². The van der Waals surface area contributed by atoms with Crippen molar-refractivity contribution < 1.29 is 5.11 Å². The van der Waals surface area contributed by atoms with E-state index in [1.54, 1.807) is 0 Å². The number of rotatable bonds is 2. The third-order valence-corrected chi connectivity index (χ3v) is 4.84.